The lowest BCUT2D eigenvalue weighted by Crippen LogP contribution is -2.57. The molecule has 0 aromatic heterocycles. The molecule has 0 bridgehead atoms. The van der Waals surface area contributed by atoms with Gasteiger partial charge in [0.1, 0.15) is 4.90 Å². The highest BCUT2D eigenvalue weighted by molar-refractivity contribution is 7.90. The van der Waals surface area contributed by atoms with Crippen molar-refractivity contribution in [2.45, 2.75) is 37.8 Å². The number of rotatable bonds is 2. The average Bonchev–Trinajstić information content (AvgIpc) is 2.75. The third-order valence-corrected chi connectivity index (χ3v) is 6.73. The van der Waals surface area contributed by atoms with E-state index in [9.17, 15) is 18.0 Å². The molecular formula is C16H21N3O4S. The predicted molar refractivity (Wildman–Crippen MR) is 88.3 cm³/mol. The molecule has 0 spiro atoms. The molecule has 1 fully saturated rings. The van der Waals surface area contributed by atoms with Crippen LogP contribution in [0.4, 0.5) is 0 Å². The number of nitrogens with one attached hydrogen (secondary N) is 1. The lowest BCUT2D eigenvalue weighted by Gasteiger charge is -2.38. The summed E-state index contributed by atoms with van der Waals surface area (Å²) in [4.78, 5) is 26.6. The van der Waals surface area contributed by atoms with Crippen LogP contribution in [-0.4, -0.2) is 61.2 Å². The van der Waals surface area contributed by atoms with E-state index in [1.54, 1.807) is 11.8 Å². The Morgan fingerprint density at radius 1 is 1.33 bits per heavy atom. The van der Waals surface area contributed by atoms with E-state index in [0.29, 0.717) is 18.7 Å². The summed E-state index contributed by atoms with van der Waals surface area (Å²) in [6.45, 7) is 6.91. The van der Waals surface area contributed by atoms with Crippen LogP contribution in [0.25, 0.3) is 0 Å². The molecule has 0 radical (unpaired) electrons. The van der Waals surface area contributed by atoms with Gasteiger partial charge < -0.3 is 10.2 Å². The van der Waals surface area contributed by atoms with E-state index < -0.39 is 15.9 Å². The lowest BCUT2D eigenvalue weighted by atomic mass is 10.0. The van der Waals surface area contributed by atoms with Gasteiger partial charge in [-0.05, 0) is 39.0 Å². The van der Waals surface area contributed by atoms with Gasteiger partial charge in [-0.3, -0.25) is 9.59 Å². The number of piperazine rings is 1. The average molecular weight is 351 g/mol. The summed E-state index contributed by atoms with van der Waals surface area (Å²) in [6, 6.07) is 4.48. The van der Waals surface area contributed by atoms with Gasteiger partial charge in [-0.15, -0.1) is 0 Å². The molecule has 1 saturated heterocycles. The highest BCUT2D eigenvalue weighted by atomic mass is 32.2. The van der Waals surface area contributed by atoms with Gasteiger partial charge in [0.05, 0.1) is 5.56 Å². The van der Waals surface area contributed by atoms with E-state index in [1.807, 2.05) is 13.8 Å². The van der Waals surface area contributed by atoms with Gasteiger partial charge in [-0.1, -0.05) is 0 Å². The van der Waals surface area contributed by atoms with E-state index in [-0.39, 0.29) is 35.0 Å². The van der Waals surface area contributed by atoms with Crippen LogP contribution < -0.4 is 5.32 Å². The highest BCUT2D eigenvalue weighted by Gasteiger charge is 2.41. The quantitative estimate of drug-likeness (QED) is 0.846. The molecule has 24 heavy (non-hydrogen) atoms. The van der Waals surface area contributed by atoms with Crippen LogP contribution in [0.3, 0.4) is 0 Å². The largest absolute Gasteiger partial charge is 0.333 e. The molecule has 2 amide bonds. The normalized spacial score (nSPS) is 25.7. The lowest BCUT2D eigenvalue weighted by molar-refractivity contribution is 0.0602. The van der Waals surface area contributed by atoms with Gasteiger partial charge in [0.15, 0.2) is 0 Å². The van der Waals surface area contributed by atoms with Crippen molar-refractivity contribution >= 4 is 21.8 Å². The molecule has 1 aromatic rings. The van der Waals surface area contributed by atoms with Crippen LogP contribution in [-0.2, 0) is 10.0 Å². The topological polar surface area (TPSA) is 86.8 Å². The summed E-state index contributed by atoms with van der Waals surface area (Å²) in [7, 11) is -3.86. The second-order valence-electron chi connectivity index (χ2n) is 6.17. The first-order valence-corrected chi connectivity index (χ1v) is 9.48. The minimum atomic E-state index is -3.86. The van der Waals surface area contributed by atoms with Crippen molar-refractivity contribution in [3.05, 3.63) is 29.3 Å². The van der Waals surface area contributed by atoms with Crippen molar-refractivity contribution in [2.24, 2.45) is 0 Å². The second kappa shape index (κ2) is 5.86. The summed E-state index contributed by atoms with van der Waals surface area (Å²) in [5, 5.41) is 3.30. The number of hydrogen-bond donors (Lipinski definition) is 1. The Bertz CT molecular complexity index is 806. The van der Waals surface area contributed by atoms with Gasteiger partial charge >= 0.3 is 0 Å². The van der Waals surface area contributed by atoms with Gasteiger partial charge in [-0.2, -0.15) is 0 Å². The maximum Gasteiger partial charge on any atom is 0.268 e. The summed E-state index contributed by atoms with van der Waals surface area (Å²) in [5.74, 6) is -0.744. The smallest absolute Gasteiger partial charge is 0.268 e. The second-order valence-corrected chi connectivity index (χ2v) is 8.00. The zero-order valence-electron chi connectivity index (χ0n) is 13.9. The molecule has 0 aliphatic carbocycles. The Hall–Kier alpha value is -1.93. The van der Waals surface area contributed by atoms with E-state index in [4.69, 9.17) is 0 Å². The maximum atomic E-state index is 12.8. The van der Waals surface area contributed by atoms with Gasteiger partial charge in [0, 0.05) is 37.3 Å². The molecule has 8 heteroatoms. The Labute approximate surface area is 141 Å². The molecule has 0 saturated carbocycles. The fourth-order valence-electron chi connectivity index (χ4n) is 3.23. The summed E-state index contributed by atoms with van der Waals surface area (Å²) in [6.07, 6.45) is 0. The van der Waals surface area contributed by atoms with Crippen molar-refractivity contribution in [2.75, 3.05) is 19.6 Å². The standard InChI is InChI=1S/C16H21N3O4S/c1-4-19-16(21)13-6-5-12(9-14(13)24(19,22)23)15(20)18-8-7-17-10(2)11(18)3/h5-6,9-11,17H,4,7-8H2,1-3H3. The van der Waals surface area contributed by atoms with Crippen LogP contribution >= 0.6 is 0 Å². The molecule has 130 valence electrons. The number of amides is 2. The first-order chi connectivity index (χ1) is 11.3. The van der Waals surface area contributed by atoms with Crippen molar-refractivity contribution in [3.8, 4) is 0 Å². The Morgan fingerprint density at radius 2 is 2.04 bits per heavy atom. The minimum absolute atomic E-state index is 0.00452. The van der Waals surface area contributed by atoms with Crippen molar-refractivity contribution in [1.29, 1.82) is 0 Å². The molecule has 2 unspecified atom stereocenters. The van der Waals surface area contributed by atoms with Crippen LogP contribution in [0.15, 0.2) is 23.1 Å². The van der Waals surface area contributed by atoms with E-state index in [0.717, 1.165) is 4.31 Å². The number of sulfonamides is 1. The minimum Gasteiger partial charge on any atom is -0.333 e. The first-order valence-electron chi connectivity index (χ1n) is 8.04. The molecule has 2 aliphatic heterocycles. The third-order valence-electron chi connectivity index (χ3n) is 4.84. The number of hydrogen-bond acceptors (Lipinski definition) is 5. The SMILES string of the molecule is CCN1C(=O)c2ccc(C(=O)N3CCNC(C)C3C)cc2S1(=O)=O. The number of benzene rings is 1. The molecule has 1 N–H and O–H groups in total. The number of carbonyl (C=O) groups is 2. The highest BCUT2D eigenvalue weighted by Crippen LogP contribution is 2.31. The fourth-order valence-corrected chi connectivity index (χ4v) is 4.83. The molecular weight excluding hydrogens is 330 g/mol. The third kappa shape index (κ3) is 2.41. The molecule has 2 aliphatic rings. The van der Waals surface area contributed by atoms with E-state index in [2.05, 4.69) is 5.32 Å². The molecule has 1 aromatic carbocycles. The number of fused-ring (bicyclic) bond motifs is 1. The van der Waals surface area contributed by atoms with E-state index >= 15 is 0 Å². The Balaban J connectivity index is 1.99. The molecule has 7 nitrogen and oxygen atoms in total. The van der Waals surface area contributed by atoms with Crippen molar-refractivity contribution in [1.82, 2.24) is 14.5 Å². The van der Waals surface area contributed by atoms with Gasteiger partial charge in [0.25, 0.3) is 21.8 Å². The van der Waals surface area contributed by atoms with Gasteiger partial charge in [0.2, 0.25) is 0 Å². The van der Waals surface area contributed by atoms with Crippen molar-refractivity contribution < 1.29 is 18.0 Å². The van der Waals surface area contributed by atoms with Crippen molar-refractivity contribution in [3.63, 3.8) is 0 Å². The maximum absolute atomic E-state index is 12.8. The first kappa shape index (κ1) is 16.9. The van der Waals surface area contributed by atoms with Gasteiger partial charge in [-0.25, -0.2) is 12.7 Å². The van der Waals surface area contributed by atoms with Crippen LogP contribution in [0.1, 0.15) is 41.5 Å². The number of carbonyl (C=O) groups excluding carboxylic acids is 2. The Morgan fingerprint density at radius 3 is 2.71 bits per heavy atom. The summed E-state index contributed by atoms with van der Waals surface area (Å²) in [5.41, 5.74) is 0.430. The van der Waals surface area contributed by atoms with Crippen LogP contribution in [0, 0.1) is 0 Å². The Kier molecular flexibility index (Phi) is 4.13. The molecule has 2 atom stereocenters. The number of nitrogens with zero attached hydrogens (tertiary/aromatic N) is 2. The summed E-state index contributed by atoms with van der Waals surface area (Å²) < 4.78 is 25.8. The molecule has 2 heterocycles. The zero-order valence-corrected chi connectivity index (χ0v) is 14.8. The predicted octanol–water partition coefficient (Wildman–Crippen LogP) is 0.673. The zero-order chi connectivity index (χ0) is 17.6. The van der Waals surface area contributed by atoms with E-state index in [1.165, 1.54) is 18.2 Å². The van der Waals surface area contributed by atoms with Crippen LogP contribution in [0.2, 0.25) is 0 Å². The van der Waals surface area contributed by atoms with Crippen LogP contribution in [0.5, 0.6) is 0 Å². The molecule has 3 rings (SSSR count). The monoisotopic (exact) mass is 351 g/mol. The summed E-state index contributed by atoms with van der Waals surface area (Å²) >= 11 is 0. The fraction of sp³-hybridized carbons (Fsp3) is 0.500.